The Morgan fingerprint density at radius 2 is 1.56 bits per heavy atom. The number of unbranched alkanes of at least 4 members (excludes halogenated alkanes) is 2. The number of benzene rings is 2. The predicted molar refractivity (Wildman–Crippen MR) is 164 cm³/mol. The molecule has 7 nitrogen and oxygen atoms in total. The smallest absolute Gasteiger partial charge is 0.508 e. The molecule has 3 fully saturated rings. The first-order valence-corrected chi connectivity index (χ1v) is 18.6. The highest BCUT2D eigenvalue weighted by molar-refractivity contribution is 7.97. The van der Waals surface area contributed by atoms with Crippen molar-refractivity contribution in [2.75, 3.05) is 24.7 Å². The number of hydrogen-bond acceptors (Lipinski definition) is 7. The molecule has 4 unspecified atom stereocenters. The average molecular weight is 679 g/mol. The van der Waals surface area contributed by atoms with Gasteiger partial charge in [-0.25, -0.2) is 13.2 Å². The van der Waals surface area contributed by atoms with Crippen LogP contribution in [0.4, 0.5) is 22.4 Å². The number of halogens is 4. The van der Waals surface area contributed by atoms with Crippen LogP contribution in [0.1, 0.15) is 71.6 Å². The number of carbonyl (C=O) groups is 1. The summed E-state index contributed by atoms with van der Waals surface area (Å²) >= 11 is 0. The zero-order valence-electron chi connectivity index (χ0n) is 25.7. The molecule has 1 aliphatic heterocycles. The van der Waals surface area contributed by atoms with Gasteiger partial charge in [-0.1, -0.05) is 44.9 Å². The van der Waals surface area contributed by atoms with Gasteiger partial charge in [0.25, 0.3) is 0 Å². The highest BCUT2D eigenvalue weighted by Crippen LogP contribution is 2.58. The number of rotatable bonds is 12. The van der Waals surface area contributed by atoms with E-state index < -0.39 is 57.7 Å². The molecular formula is C32H42F4O7S2. The Hall–Kier alpha value is -2.25. The third-order valence-electron chi connectivity index (χ3n) is 8.87. The molecule has 2 aromatic carbocycles. The van der Waals surface area contributed by atoms with Crippen molar-refractivity contribution in [2.24, 2.45) is 17.8 Å². The highest BCUT2D eigenvalue weighted by atomic mass is 32.2. The van der Waals surface area contributed by atoms with Gasteiger partial charge < -0.3 is 18.8 Å². The Bertz CT molecular complexity index is 1400. The molecule has 5 rings (SSSR count). The maximum Gasteiger partial charge on any atom is 0.508 e. The van der Waals surface area contributed by atoms with Crippen molar-refractivity contribution >= 4 is 37.9 Å². The molecule has 2 aliphatic carbocycles. The Morgan fingerprint density at radius 3 is 2.16 bits per heavy atom. The molecule has 4 atom stereocenters. The van der Waals surface area contributed by atoms with Gasteiger partial charge in [-0.2, -0.15) is 17.6 Å². The number of carbonyl (C=O) groups excluding carboxylic acids is 1. The summed E-state index contributed by atoms with van der Waals surface area (Å²) in [6.07, 6.45) is 4.41. The zero-order valence-corrected chi connectivity index (χ0v) is 27.3. The van der Waals surface area contributed by atoms with Crippen LogP contribution in [0.5, 0.6) is 5.75 Å². The van der Waals surface area contributed by atoms with Crippen LogP contribution in [0.3, 0.4) is 0 Å². The van der Waals surface area contributed by atoms with Gasteiger partial charge in [0.2, 0.25) is 0 Å². The first-order chi connectivity index (χ1) is 21.3. The fraction of sp³-hybridized carbons (Fsp3) is 0.656. The molecule has 0 spiro atoms. The number of alkyl halides is 4. The quantitative estimate of drug-likeness (QED) is 0.0739. The van der Waals surface area contributed by atoms with E-state index in [-0.39, 0.29) is 19.4 Å². The molecule has 13 heteroatoms. The van der Waals surface area contributed by atoms with Gasteiger partial charge in [0.15, 0.2) is 15.0 Å². The van der Waals surface area contributed by atoms with E-state index >= 15 is 0 Å². The topological polar surface area (TPSA) is 102 Å². The fourth-order valence-corrected chi connectivity index (χ4v) is 9.46. The van der Waals surface area contributed by atoms with Crippen LogP contribution in [0.15, 0.2) is 41.3 Å². The van der Waals surface area contributed by atoms with Crippen LogP contribution in [0.2, 0.25) is 0 Å². The summed E-state index contributed by atoms with van der Waals surface area (Å²) in [4.78, 5) is 13.0. The molecule has 3 aliphatic rings. The van der Waals surface area contributed by atoms with Crippen LogP contribution in [-0.2, 0) is 30.5 Å². The Labute approximate surface area is 265 Å². The van der Waals surface area contributed by atoms with Crippen molar-refractivity contribution in [3.8, 4) is 5.75 Å². The lowest BCUT2D eigenvalue weighted by Gasteiger charge is -2.37. The summed E-state index contributed by atoms with van der Waals surface area (Å²) in [5.74, 6) is -4.67. The van der Waals surface area contributed by atoms with E-state index in [1.54, 1.807) is 4.90 Å². The summed E-state index contributed by atoms with van der Waals surface area (Å²) in [7, 11) is -6.03. The molecule has 45 heavy (non-hydrogen) atoms. The first kappa shape index (κ1) is 35.6. The molecule has 1 heterocycles. The van der Waals surface area contributed by atoms with Crippen molar-refractivity contribution in [2.45, 2.75) is 93.8 Å². The van der Waals surface area contributed by atoms with Crippen molar-refractivity contribution in [3.05, 3.63) is 36.4 Å². The van der Waals surface area contributed by atoms with E-state index in [1.807, 2.05) is 6.92 Å². The lowest BCUT2D eigenvalue weighted by molar-refractivity contribution is -0.205. The van der Waals surface area contributed by atoms with Gasteiger partial charge in [-0.15, -0.1) is 0 Å². The second kappa shape index (κ2) is 15.1. The van der Waals surface area contributed by atoms with Gasteiger partial charge in [0.1, 0.15) is 23.4 Å². The zero-order chi connectivity index (χ0) is 32.8. The van der Waals surface area contributed by atoms with Crippen LogP contribution >= 0.6 is 0 Å². The lowest BCUT2D eigenvalue weighted by Crippen LogP contribution is -2.53. The third kappa shape index (κ3) is 8.01. The maximum atomic E-state index is 14.0. The molecule has 0 N–H and O–H groups in total. The number of ether oxygens (including phenoxy) is 3. The van der Waals surface area contributed by atoms with Gasteiger partial charge in [0, 0.05) is 27.6 Å². The number of hydrogen-bond donors (Lipinski definition) is 0. The van der Waals surface area contributed by atoms with E-state index in [9.17, 15) is 35.3 Å². The standard InChI is InChI=1S/C18H23OS.C14H20F4O6S/c1-2-3-12-19-17-10-11-18(20-13-6-7-14-20)16-9-5-4-8-15(16)17;1-2-3-4-23-12(19)24-11-7-8-5-9(11)6-10(8)13(15,16)14(17,18)25(20,21)22/h4-5,8-11H,2-3,6-7,12-14H2,1H3;8-11H,2-7H2,1H3,(H,20,21,22)/q+1;/p-1. The molecule has 252 valence electrons. The molecule has 0 aromatic heterocycles. The van der Waals surface area contributed by atoms with Crippen molar-refractivity contribution in [1.29, 1.82) is 0 Å². The van der Waals surface area contributed by atoms with Gasteiger partial charge in [0.05, 0.1) is 13.2 Å². The van der Waals surface area contributed by atoms with E-state index in [2.05, 4.69) is 43.3 Å². The lowest BCUT2D eigenvalue weighted by atomic mass is 9.82. The van der Waals surface area contributed by atoms with Crippen molar-refractivity contribution < 1.29 is 49.5 Å². The second-order valence-electron chi connectivity index (χ2n) is 12.0. The van der Waals surface area contributed by atoms with Gasteiger partial charge in [-0.3, -0.25) is 0 Å². The van der Waals surface area contributed by atoms with Crippen LogP contribution in [-0.4, -0.2) is 61.1 Å². The largest absolute Gasteiger partial charge is 0.743 e. The average Bonchev–Trinajstić information content (AvgIpc) is 3.76. The Balaban J connectivity index is 0.000000209. The van der Waals surface area contributed by atoms with E-state index in [0.29, 0.717) is 17.3 Å². The molecule has 0 radical (unpaired) electrons. The minimum Gasteiger partial charge on any atom is -0.743 e. The molecule has 0 amide bonds. The SMILES string of the molecule is CCCCOC(=O)OC1CC2CC1CC2C(F)(F)C(F)(F)S(=O)(=O)[O-].CCCCOc1ccc([S+]2CCCC2)c2ccccc12. The predicted octanol–water partition coefficient (Wildman–Crippen LogP) is 7.92. The first-order valence-electron chi connectivity index (χ1n) is 15.7. The van der Waals surface area contributed by atoms with E-state index in [0.717, 1.165) is 25.2 Å². The molecule has 2 saturated carbocycles. The summed E-state index contributed by atoms with van der Waals surface area (Å²) in [5.41, 5.74) is 0. The number of fused-ring (bicyclic) bond motifs is 3. The minimum atomic E-state index is -6.50. The van der Waals surface area contributed by atoms with Crippen LogP contribution in [0, 0.1) is 17.8 Å². The summed E-state index contributed by atoms with van der Waals surface area (Å²) in [6, 6.07) is 13.3. The minimum absolute atomic E-state index is 0.0945. The normalized spacial score (nSPS) is 23.5. The third-order valence-corrected chi connectivity index (χ3v) is 12.3. The molecule has 2 aromatic rings. The summed E-state index contributed by atoms with van der Waals surface area (Å²) < 4.78 is 102. The maximum absolute atomic E-state index is 14.0. The molecular weight excluding hydrogens is 636 g/mol. The molecule has 2 bridgehead atoms. The van der Waals surface area contributed by atoms with Crippen LogP contribution in [0.25, 0.3) is 10.8 Å². The molecule has 1 saturated heterocycles. The fourth-order valence-electron chi connectivity index (χ4n) is 6.47. The highest BCUT2D eigenvalue weighted by Gasteiger charge is 2.69. The van der Waals surface area contributed by atoms with E-state index in [4.69, 9.17) is 14.2 Å². The summed E-state index contributed by atoms with van der Waals surface area (Å²) in [6.45, 7) is 5.07. The summed E-state index contributed by atoms with van der Waals surface area (Å²) in [5, 5.41) is -2.97. The van der Waals surface area contributed by atoms with Gasteiger partial charge >= 0.3 is 17.3 Å². The second-order valence-corrected chi connectivity index (χ2v) is 15.6. The monoisotopic (exact) mass is 678 g/mol. The van der Waals surface area contributed by atoms with Crippen molar-refractivity contribution in [3.63, 3.8) is 0 Å². The van der Waals surface area contributed by atoms with Gasteiger partial charge in [-0.05, 0) is 75.0 Å². The van der Waals surface area contributed by atoms with E-state index in [1.165, 1.54) is 41.5 Å². The van der Waals surface area contributed by atoms with Crippen molar-refractivity contribution in [1.82, 2.24) is 0 Å². The Kier molecular flexibility index (Phi) is 11.9. The van der Waals surface area contributed by atoms with Crippen LogP contribution < -0.4 is 4.74 Å². The Morgan fingerprint density at radius 1 is 0.911 bits per heavy atom.